The summed E-state index contributed by atoms with van der Waals surface area (Å²) in [5, 5.41) is 7.29. The Kier molecular flexibility index (Phi) is 3.57. The van der Waals surface area contributed by atoms with Gasteiger partial charge in [-0.3, -0.25) is 9.69 Å². The molecule has 1 aromatic heterocycles. The summed E-state index contributed by atoms with van der Waals surface area (Å²) in [5.41, 5.74) is 4.47. The lowest BCUT2D eigenvalue weighted by Gasteiger charge is -2.16. The van der Waals surface area contributed by atoms with Crippen LogP contribution in [-0.4, -0.2) is 30.0 Å². The maximum atomic E-state index is 12.0. The third-order valence-electron chi connectivity index (χ3n) is 3.29. The van der Waals surface area contributed by atoms with Crippen LogP contribution < -0.4 is 15.5 Å². The molecule has 2 aromatic rings. The number of hydrogen-bond acceptors (Lipinski definition) is 4. The highest BCUT2D eigenvalue weighted by molar-refractivity contribution is 7.07. The molecule has 1 aliphatic rings. The summed E-state index contributed by atoms with van der Waals surface area (Å²) in [6.45, 7) is 3.21. The number of urea groups is 1. The Labute approximate surface area is 125 Å². The summed E-state index contributed by atoms with van der Waals surface area (Å²) in [5.74, 6) is -0.231. The number of anilines is 2. The second kappa shape index (κ2) is 5.53. The molecule has 0 saturated carbocycles. The van der Waals surface area contributed by atoms with Crippen LogP contribution in [-0.2, 0) is 0 Å². The van der Waals surface area contributed by atoms with E-state index in [1.807, 2.05) is 19.1 Å². The van der Waals surface area contributed by atoms with Crippen LogP contribution >= 0.6 is 11.3 Å². The SMILES string of the molecule is Cc1cc(N2CCNC2=O)ccc1NC(=O)c1cscn1. The minimum absolute atomic E-state index is 0.0892. The van der Waals surface area contributed by atoms with Gasteiger partial charge in [-0.05, 0) is 30.7 Å². The van der Waals surface area contributed by atoms with Crippen LogP contribution in [0, 0.1) is 6.92 Å². The predicted molar refractivity (Wildman–Crippen MR) is 82.0 cm³/mol. The first-order valence-electron chi connectivity index (χ1n) is 6.51. The number of benzene rings is 1. The zero-order chi connectivity index (χ0) is 14.8. The zero-order valence-electron chi connectivity index (χ0n) is 11.4. The van der Waals surface area contributed by atoms with E-state index in [1.165, 1.54) is 11.3 Å². The molecule has 0 unspecified atom stereocenters. The van der Waals surface area contributed by atoms with E-state index in [2.05, 4.69) is 15.6 Å². The molecule has 108 valence electrons. The Bertz CT molecular complexity index is 684. The predicted octanol–water partition coefficient (Wildman–Crippen LogP) is 2.23. The van der Waals surface area contributed by atoms with Gasteiger partial charge in [-0.2, -0.15) is 0 Å². The Morgan fingerprint density at radius 3 is 2.95 bits per heavy atom. The average Bonchev–Trinajstić information content (AvgIpc) is 3.12. The number of thiazole rings is 1. The number of amides is 3. The second-order valence-corrected chi connectivity index (χ2v) is 5.43. The standard InChI is InChI=1S/C14H14N4O2S/c1-9-6-10(18-5-4-15-14(18)20)2-3-11(9)17-13(19)12-7-21-8-16-12/h2-3,6-8H,4-5H2,1H3,(H,15,20)(H,17,19). The quantitative estimate of drug-likeness (QED) is 0.913. The van der Waals surface area contributed by atoms with E-state index in [1.54, 1.807) is 21.9 Å². The van der Waals surface area contributed by atoms with Crippen molar-refractivity contribution in [2.75, 3.05) is 23.3 Å². The average molecular weight is 302 g/mol. The fraction of sp³-hybridized carbons (Fsp3) is 0.214. The van der Waals surface area contributed by atoms with Gasteiger partial charge in [0.25, 0.3) is 5.91 Å². The van der Waals surface area contributed by atoms with Crippen molar-refractivity contribution in [3.63, 3.8) is 0 Å². The van der Waals surface area contributed by atoms with Gasteiger partial charge >= 0.3 is 6.03 Å². The van der Waals surface area contributed by atoms with E-state index < -0.39 is 0 Å². The van der Waals surface area contributed by atoms with Crippen LogP contribution in [0.25, 0.3) is 0 Å². The maximum Gasteiger partial charge on any atom is 0.321 e. The first-order valence-corrected chi connectivity index (χ1v) is 7.45. The van der Waals surface area contributed by atoms with Gasteiger partial charge in [0.15, 0.2) is 0 Å². The zero-order valence-corrected chi connectivity index (χ0v) is 12.2. The third kappa shape index (κ3) is 2.73. The molecule has 2 N–H and O–H groups in total. The van der Waals surface area contributed by atoms with E-state index in [0.29, 0.717) is 18.8 Å². The van der Waals surface area contributed by atoms with Crippen molar-refractivity contribution in [1.82, 2.24) is 10.3 Å². The molecule has 1 aliphatic heterocycles. The van der Waals surface area contributed by atoms with Gasteiger partial charge in [0, 0.05) is 29.8 Å². The molecule has 1 saturated heterocycles. The van der Waals surface area contributed by atoms with Crippen LogP contribution in [0.1, 0.15) is 16.1 Å². The minimum Gasteiger partial charge on any atom is -0.336 e. The monoisotopic (exact) mass is 302 g/mol. The van der Waals surface area contributed by atoms with Gasteiger partial charge in [-0.1, -0.05) is 0 Å². The Morgan fingerprint density at radius 1 is 1.48 bits per heavy atom. The molecule has 21 heavy (non-hydrogen) atoms. The van der Waals surface area contributed by atoms with E-state index in [0.717, 1.165) is 16.9 Å². The van der Waals surface area contributed by atoms with E-state index >= 15 is 0 Å². The van der Waals surface area contributed by atoms with E-state index in [4.69, 9.17) is 0 Å². The number of carbonyl (C=O) groups is 2. The third-order valence-corrected chi connectivity index (χ3v) is 3.88. The number of aryl methyl sites for hydroxylation is 1. The summed E-state index contributed by atoms with van der Waals surface area (Å²) in [7, 11) is 0. The van der Waals surface area contributed by atoms with Gasteiger partial charge in [-0.15, -0.1) is 11.3 Å². The van der Waals surface area contributed by atoms with Gasteiger partial charge in [-0.25, -0.2) is 9.78 Å². The lowest BCUT2D eigenvalue weighted by atomic mass is 10.1. The number of carbonyl (C=O) groups excluding carboxylic acids is 2. The molecule has 0 spiro atoms. The van der Waals surface area contributed by atoms with Crippen molar-refractivity contribution in [3.05, 3.63) is 40.3 Å². The second-order valence-electron chi connectivity index (χ2n) is 4.71. The minimum atomic E-state index is -0.231. The van der Waals surface area contributed by atoms with E-state index in [9.17, 15) is 9.59 Å². The van der Waals surface area contributed by atoms with Crippen LogP contribution in [0.2, 0.25) is 0 Å². The summed E-state index contributed by atoms with van der Waals surface area (Å²) in [4.78, 5) is 29.3. The van der Waals surface area contributed by atoms with Gasteiger partial charge in [0.1, 0.15) is 5.69 Å². The van der Waals surface area contributed by atoms with E-state index in [-0.39, 0.29) is 11.9 Å². The van der Waals surface area contributed by atoms with Crippen molar-refractivity contribution in [1.29, 1.82) is 0 Å². The highest BCUT2D eigenvalue weighted by Gasteiger charge is 2.21. The highest BCUT2D eigenvalue weighted by Crippen LogP contribution is 2.24. The van der Waals surface area contributed by atoms with Gasteiger partial charge < -0.3 is 10.6 Å². The number of aromatic nitrogens is 1. The van der Waals surface area contributed by atoms with Gasteiger partial charge in [0.2, 0.25) is 0 Å². The topological polar surface area (TPSA) is 74.3 Å². The van der Waals surface area contributed by atoms with Crippen molar-refractivity contribution in [2.24, 2.45) is 0 Å². The van der Waals surface area contributed by atoms with Crippen molar-refractivity contribution < 1.29 is 9.59 Å². The fourth-order valence-electron chi connectivity index (χ4n) is 2.18. The van der Waals surface area contributed by atoms with Gasteiger partial charge in [0.05, 0.1) is 5.51 Å². The van der Waals surface area contributed by atoms with Crippen molar-refractivity contribution in [3.8, 4) is 0 Å². The first kappa shape index (κ1) is 13.6. The molecule has 6 nitrogen and oxygen atoms in total. The lowest BCUT2D eigenvalue weighted by Crippen LogP contribution is -2.27. The molecule has 0 bridgehead atoms. The summed E-state index contributed by atoms with van der Waals surface area (Å²) in [6, 6.07) is 5.44. The molecule has 1 fully saturated rings. The van der Waals surface area contributed by atoms with Crippen LogP contribution in [0.5, 0.6) is 0 Å². The molecular formula is C14H14N4O2S. The number of nitrogens with one attached hydrogen (secondary N) is 2. The molecule has 0 radical (unpaired) electrons. The summed E-state index contributed by atoms with van der Waals surface area (Å²) < 4.78 is 0. The Balaban J connectivity index is 1.78. The van der Waals surface area contributed by atoms with Crippen LogP contribution in [0.4, 0.5) is 16.2 Å². The van der Waals surface area contributed by atoms with Crippen LogP contribution in [0.3, 0.4) is 0 Å². The maximum absolute atomic E-state index is 12.0. The largest absolute Gasteiger partial charge is 0.336 e. The molecule has 7 heteroatoms. The number of nitrogens with zero attached hydrogens (tertiary/aromatic N) is 2. The fourth-order valence-corrected chi connectivity index (χ4v) is 2.72. The molecule has 0 atom stereocenters. The first-order chi connectivity index (χ1) is 10.1. The number of rotatable bonds is 3. The Morgan fingerprint density at radius 2 is 2.33 bits per heavy atom. The lowest BCUT2D eigenvalue weighted by molar-refractivity contribution is 0.102. The molecule has 3 rings (SSSR count). The summed E-state index contributed by atoms with van der Waals surface area (Å²) >= 11 is 1.38. The van der Waals surface area contributed by atoms with Crippen molar-refractivity contribution >= 4 is 34.6 Å². The summed E-state index contributed by atoms with van der Waals surface area (Å²) in [6.07, 6.45) is 0. The molecule has 2 heterocycles. The smallest absolute Gasteiger partial charge is 0.321 e. The number of hydrogen-bond donors (Lipinski definition) is 2. The molecule has 3 amide bonds. The Hall–Kier alpha value is -2.41. The highest BCUT2D eigenvalue weighted by atomic mass is 32.1. The molecular weight excluding hydrogens is 288 g/mol. The van der Waals surface area contributed by atoms with Crippen LogP contribution in [0.15, 0.2) is 29.1 Å². The van der Waals surface area contributed by atoms with Crippen molar-refractivity contribution in [2.45, 2.75) is 6.92 Å². The molecule has 1 aromatic carbocycles. The normalized spacial score (nSPS) is 14.1. The molecule has 0 aliphatic carbocycles.